The van der Waals surface area contributed by atoms with E-state index in [-0.39, 0.29) is 31.6 Å². The van der Waals surface area contributed by atoms with Crippen molar-refractivity contribution in [1.82, 2.24) is 15.5 Å². The van der Waals surface area contributed by atoms with Crippen molar-refractivity contribution in [1.29, 1.82) is 0 Å². The molecular weight excluding hydrogens is 462 g/mol. The number of carbonyl (C=O) groups excluding carboxylic acids is 4. The van der Waals surface area contributed by atoms with Crippen LogP contribution >= 0.6 is 12.6 Å². The highest BCUT2D eigenvalue weighted by molar-refractivity contribution is 7.80. The Balaban J connectivity index is 2.14. The SMILES string of the molecule is NC(=O)CCC(N)C(=O)NC(CS)C(=O)NC(Cc1ccccc1)C(=O)N1CCCC1C(=O)O. The van der Waals surface area contributed by atoms with Gasteiger partial charge in [-0.05, 0) is 24.8 Å². The summed E-state index contributed by atoms with van der Waals surface area (Å²) in [6.07, 6.45) is 0.960. The second-order valence-electron chi connectivity index (χ2n) is 8.13. The van der Waals surface area contributed by atoms with Gasteiger partial charge in [0.2, 0.25) is 23.6 Å². The summed E-state index contributed by atoms with van der Waals surface area (Å²) in [5.41, 5.74) is 11.6. The van der Waals surface area contributed by atoms with E-state index >= 15 is 0 Å². The Labute approximate surface area is 203 Å². The number of primary amides is 1. The van der Waals surface area contributed by atoms with E-state index in [0.717, 1.165) is 5.56 Å². The summed E-state index contributed by atoms with van der Waals surface area (Å²) < 4.78 is 0. The quantitative estimate of drug-likeness (QED) is 0.197. The zero-order valence-electron chi connectivity index (χ0n) is 18.7. The Hall–Kier alpha value is -3.12. The van der Waals surface area contributed by atoms with Crippen LogP contribution in [0, 0.1) is 0 Å². The average molecular weight is 494 g/mol. The highest BCUT2D eigenvalue weighted by atomic mass is 32.1. The third kappa shape index (κ3) is 7.73. The zero-order chi connectivity index (χ0) is 25.3. The van der Waals surface area contributed by atoms with Crippen LogP contribution in [0.25, 0.3) is 0 Å². The van der Waals surface area contributed by atoms with Gasteiger partial charge in [-0.25, -0.2) is 4.79 Å². The first-order valence-corrected chi connectivity index (χ1v) is 11.6. The molecule has 0 aromatic heterocycles. The number of likely N-dealkylation sites (tertiary alicyclic amines) is 1. The lowest BCUT2D eigenvalue weighted by Crippen LogP contribution is -2.58. The molecule has 1 aliphatic rings. The van der Waals surface area contributed by atoms with Crippen molar-refractivity contribution in [3.8, 4) is 0 Å². The van der Waals surface area contributed by atoms with Crippen molar-refractivity contribution in [2.24, 2.45) is 11.5 Å². The predicted octanol–water partition coefficient (Wildman–Crippen LogP) is -1.20. The molecule has 4 amide bonds. The molecule has 11 nitrogen and oxygen atoms in total. The molecule has 0 bridgehead atoms. The van der Waals surface area contributed by atoms with Gasteiger partial charge in [0, 0.05) is 25.1 Å². The number of carboxylic acids is 1. The van der Waals surface area contributed by atoms with Gasteiger partial charge in [0.05, 0.1) is 6.04 Å². The first-order chi connectivity index (χ1) is 16.1. The molecule has 12 heteroatoms. The van der Waals surface area contributed by atoms with Gasteiger partial charge in [-0.2, -0.15) is 12.6 Å². The van der Waals surface area contributed by atoms with Crippen LogP contribution in [-0.4, -0.2) is 76.1 Å². The van der Waals surface area contributed by atoms with Crippen molar-refractivity contribution in [2.45, 2.75) is 56.3 Å². The lowest BCUT2D eigenvalue weighted by molar-refractivity contribution is -0.149. The number of carbonyl (C=O) groups is 5. The van der Waals surface area contributed by atoms with E-state index in [1.807, 2.05) is 6.07 Å². The minimum absolute atomic E-state index is 0.0166. The van der Waals surface area contributed by atoms with Gasteiger partial charge >= 0.3 is 5.97 Å². The van der Waals surface area contributed by atoms with E-state index in [2.05, 4.69) is 23.3 Å². The minimum Gasteiger partial charge on any atom is -0.480 e. The molecule has 0 aliphatic carbocycles. The number of nitrogens with zero attached hydrogens (tertiary/aromatic N) is 1. The van der Waals surface area contributed by atoms with Gasteiger partial charge in [0.25, 0.3) is 0 Å². The Morgan fingerprint density at radius 3 is 2.32 bits per heavy atom. The third-order valence-corrected chi connectivity index (χ3v) is 5.94. The molecule has 1 fully saturated rings. The third-order valence-electron chi connectivity index (χ3n) is 5.57. The Bertz CT molecular complexity index is 899. The van der Waals surface area contributed by atoms with E-state index in [4.69, 9.17) is 11.5 Å². The molecule has 1 aliphatic heterocycles. The molecule has 1 saturated heterocycles. The first-order valence-electron chi connectivity index (χ1n) is 11.0. The topological polar surface area (TPSA) is 185 Å². The average Bonchev–Trinajstić information content (AvgIpc) is 3.30. The molecule has 1 aromatic carbocycles. The lowest BCUT2D eigenvalue weighted by atomic mass is 10.0. The first kappa shape index (κ1) is 27.1. The maximum absolute atomic E-state index is 13.3. The van der Waals surface area contributed by atoms with Crippen molar-refractivity contribution in [3.05, 3.63) is 35.9 Å². The molecule has 7 N–H and O–H groups in total. The van der Waals surface area contributed by atoms with Crippen LogP contribution in [0.3, 0.4) is 0 Å². The number of benzene rings is 1. The number of hydrogen-bond acceptors (Lipinski definition) is 7. The smallest absolute Gasteiger partial charge is 0.326 e. The molecule has 1 aromatic rings. The summed E-state index contributed by atoms with van der Waals surface area (Å²) in [6, 6.07) is 4.83. The van der Waals surface area contributed by atoms with Crippen LogP contribution in [-0.2, 0) is 30.4 Å². The molecule has 4 atom stereocenters. The number of aliphatic carboxylic acids is 1. The van der Waals surface area contributed by atoms with Crippen molar-refractivity contribution < 1.29 is 29.1 Å². The van der Waals surface area contributed by atoms with E-state index in [1.54, 1.807) is 24.3 Å². The van der Waals surface area contributed by atoms with Crippen LogP contribution < -0.4 is 22.1 Å². The van der Waals surface area contributed by atoms with Crippen LogP contribution in [0.2, 0.25) is 0 Å². The fourth-order valence-electron chi connectivity index (χ4n) is 3.71. The summed E-state index contributed by atoms with van der Waals surface area (Å²) in [5.74, 6) is -3.60. The van der Waals surface area contributed by atoms with Gasteiger partial charge in [-0.15, -0.1) is 0 Å². The number of hydrogen-bond donors (Lipinski definition) is 6. The second-order valence-corrected chi connectivity index (χ2v) is 8.50. The summed E-state index contributed by atoms with van der Waals surface area (Å²) in [5, 5.41) is 14.6. The van der Waals surface area contributed by atoms with E-state index < -0.39 is 53.8 Å². The molecule has 0 saturated carbocycles. The van der Waals surface area contributed by atoms with Gasteiger partial charge in [0.15, 0.2) is 0 Å². The highest BCUT2D eigenvalue weighted by Gasteiger charge is 2.38. The van der Waals surface area contributed by atoms with Gasteiger partial charge in [-0.1, -0.05) is 30.3 Å². The molecular formula is C22H31N5O6S. The number of amides is 4. The lowest BCUT2D eigenvalue weighted by Gasteiger charge is -2.29. The van der Waals surface area contributed by atoms with E-state index in [1.165, 1.54) is 4.90 Å². The summed E-state index contributed by atoms with van der Waals surface area (Å²) in [7, 11) is 0. The summed E-state index contributed by atoms with van der Waals surface area (Å²) in [4.78, 5) is 62.3. The maximum Gasteiger partial charge on any atom is 0.326 e. The summed E-state index contributed by atoms with van der Waals surface area (Å²) in [6.45, 7) is 0.276. The fourth-order valence-corrected chi connectivity index (χ4v) is 3.97. The number of thiol groups is 1. The minimum atomic E-state index is -1.10. The molecule has 186 valence electrons. The van der Waals surface area contributed by atoms with Crippen molar-refractivity contribution >= 4 is 42.2 Å². The van der Waals surface area contributed by atoms with Crippen LogP contribution in [0.4, 0.5) is 0 Å². The number of nitrogens with one attached hydrogen (secondary N) is 2. The van der Waals surface area contributed by atoms with Gasteiger partial charge in [0.1, 0.15) is 18.1 Å². The van der Waals surface area contributed by atoms with Crippen molar-refractivity contribution in [3.63, 3.8) is 0 Å². The monoisotopic (exact) mass is 493 g/mol. The normalized spacial score (nSPS) is 17.9. The number of rotatable bonds is 12. The van der Waals surface area contributed by atoms with Crippen LogP contribution in [0.5, 0.6) is 0 Å². The Morgan fingerprint density at radius 2 is 1.74 bits per heavy atom. The van der Waals surface area contributed by atoms with Crippen LogP contribution in [0.1, 0.15) is 31.2 Å². The Kier molecular flexibility index (Phi) is 10.3. The van der Waals surface area contributed by atoms with E-state index in [0.29, 0.717) is 12.8 Å². The molecule has 0 spiro atoms. The molecule has 0 radical (unpaired) electrons. The molecule has 34 heavy (non-hydrogen) atoms. The highest BCUT2D eigenvalue weighted by Crippen LogP contribution is 2.19. The van der Waals surface area contributed by atoms with Crippen LogP contribution in [0.15, 0.2) is 30.3 Å². The summed E-state index contributed by atoms with van der Waals surface area (Å²) >= 11 is 4.12. The van der Waals surface area contributed by atoms with Crippen molar-refractivity contribution in [2.75, 3.05) is 12.3 Å². The number of carboxylic acid groups (broad SMARTS) is 1. The Morgan fingerprint density at radius 1 is 1.09 bits per heavy atom. The predicted molar refractivity (Wildman–Crippen MR) is 127 cm³/mol. The fraction of sp³-hybridized carbons (Fsp3) is 0.500. The van der Waals surface area contributed by atoms with Gasteiger partial charge in [-0.3, -0.25) is 19.2 Å². The molecule has 2 rings (SSSR count). The standard InChI is InChI=1S/C22H31N5O6S/c23-14(8-9-18(24)28)19(29)26-16(12-34)20(30)25-15(11-13-5-2-1-3-6-13)21(31)27-10-4-7-17(27)22(32)33/h1-3,5-6,14-17,34H,4,7-12,23H2,(H2,24,28)(H,25,30)(H,26,29)(H,32,33). The van der Waals surface area contributed by atoms with E-state index in [9.17, 15) is 29.1 Å². The zero-order valence-corrected chi connectivity index (χ0v) is 19.6. The molecule has 4 unspecified atom stereocenters. The number of nitrogens with two attached hydrogens (primary N) is 2. The maximum atomic E-state index is 13.3. The second kappa shape index (κ2) is 12.9. The van der Waals surface area contributed by atoms with Gasteiger partial charge < -0.3 is 32.1 Å². The largest absolute Gasteiger partial charge is 0.480 e. The molecule has 1 heterocycles.